The van der Waals surface area contributed by atoms with Gasteiger partial charge in [-0.2, -0.15) is 0 Å². The van der Waals surface area contributed by atoms with Crippen LogP contribution in [0.5, 0.6) is 0 Å². The van der Waals surface area contributed by atoms with E-state index in [9.17, 15) is 5.11 Å². The third kappa shape index (κ3) is 2.50. The number of hydrogen-bond donors (Lipinski definition) is 1. The molecular formula is C14H18O. The first-order valence-electron chi connectivity index (χ1n) is 5.07. The van der Waals surface area contributed by atoms with Gasteiger partial charge >= 0.3 is 0 Å². The minimum atomic E-state index is 0.123. The summed E-state index contributed by atoms with van der Waals surface area (Å²) in [4.78, 5) is 0. The Morgan fingerprint density at radius 1 is 1.20 bits per heavy atom. The van der Waals surface area contributed by atoms with E-state index in [2.05, 4.69) is 34.3 Å². The van der Waals surface area contributed by atoms with Crippen LogP contribution in [0.15, 0.2) is 30.4 Å². The van der Waals surface area contributed by atoms with Crippen LogP contribution in [0.3, 0.4) is 0 Å². The molecule has 0 aliphatic rings. The molecule has 0 amide bonds. The molecule has 1 nitrogen and oxygen atoms in total. The van der Waals surface area contributed by atoms with Crippen molar-refractivity contribution in [2.45, 2.75) is 27.7 Å². The normalized spacial score (nSPS) is 9.87. The molecule has 0 bridgehead atoms. The summed E-state index contributed by atoms with van der Waals surface area (Å²) in [6.45, 7) is 11.9. The summed E-state index contributed by atoms with van der Waals surface area (Å²) in [5.74, 6) is 0.123. The summed E-state index contributed by atoms with van der Waals surface area (Å²) < 4.78 is 0. The maximum absolute atomic E-state index is 9.35. The van der Waals surface area contributed by atoms with Gasteiger partial charge in [0, 0.05) is 5.56 Å². The van der Waals surface area contributed by atoms with E-state index in [1.807, 2.05) is 18.2 Å². The lowest BCUT2D eigenvalue weighted by Crippen LogP contribution is -1.91. The third-order valence-electron chi connectivity index (χ3n) is 2.72. The molecule has 0 atom stereocenters. The van der Waals surface area contributed by atoms with Crippen molar-refractivity contribution >= 4 is 11.3 Å². The first-order valence-corrected chi connectivity index (χ1v) is 5.07. The van der Waals surface area contributed by atoms with Crippen LogP contribution in [0.4, 0.5) is 0 Å². The number of aryl methyl sites for hydroxylation is 1. The molecule has 0 aromatic heterocycles. The number of aliphatic hydroxyl groups excluding tert-OH is 1. The molecule has 1 rings (SSSR count). The standard InChI is InChI=1S/C14H18O/c1-9(2)11(4)14-8-13(12(5)15)7-6-10(14)3/h6-8,15H,5H2,1-4H3. The van der Waals surface area contributed by atoms with Crippen LogP contribution < -0.4 is 0 Å². The van der Waals surface area contributed by atoms with Crippen LogP contribution in [-0.4, -0.2) is 5.11 Å². The Hall–Kier alpha value is -1.50. The molecule has 0 saturated carbocycles. The molecule has 1 N–H and O–H groups in total. The van der Waals surface area contributed by atoms with Gasteiger partial charge in [0.05, 0.1) is 0 Å². The number of allylic oxidation sites excluding steroid dienone is 2. The van der Waals surface area contributed by atoms with Crippen LogP contribution in [0.25, 0.3) is 11.3 Å². The molecule has 0 aliphatic heterocycles. The monoisotopic (exact) mass is 202 g/mol. The van der Waals surface area contributed by atoms with E-state index in [0.717, 1.165) is 5.56 Å². The van der Waals surface area contributed by atoms with E-state index >= 15 is 0 Å². The number of rotatable bonds is 2. The van der Waals surface area contributed by atoms with Gasteiger partial charge in [0.25, 0.3) is 0 Å². The van der Waals surface area contributed by atoms with Crippen molar-refractivity contribution in [1.29, 1.82) is 0 Å². The summed E-state index contributed by atoms with van der Waals surface area (Å²) in [6.07, 6.45) is 0. The average molecular weight is 202 g/mol. The molecule has 15 heavy (non-hydrogen) atoms. The van der Waals surface area contributed by atoms with Crippen LogP contribution in [0.2, 0.25) is 0 Å². The number of aliphatic hydroxyl groups is 1. The highest BCUT2D eigenvalue weighted by atomic mass is 16.3. The topological polar surface area (TPSA) is 20.2 Å². The Bertz CT molecular complexity index is 421. The van der Waals surface area contributed by atoms with Gasteiger partial charge in [0.15, 0.2) is 0 Å². The lowest BCUT2D eigenvalue weighted by Gasteiger charge is -2.10. The van der Waals surface area contributed by atoms with Gasteiger partial charge in [-0.3, -0.25) is 0 Å². The number of benzene rings is 1. The third-order valence-corrected chi connectivity index (χ3v) is 2.72. The first kappa shape index (κ1) is 11.6. The second-order valence-corrected chi connectivity index (χ2v) is 4.10. The van der Waals surface area contributed by atoms with Crippen molar-refractivity contribution in [2.24, 2.45) is 0 Å². The second kappa shape index (κ2) is 4.35. The SMILES string of the molecule is C=C(O)c1ccc(C)c(C(C)=C(C)C)c1. The summed E-state index contributed by atoms with van der Waals surface area (Å²) >= 11 is 0. The molecule has 80 valence electrons. The van der Waals surface area contributed by atoms with Crippen molar-refractivity contribution in [3.05, 3.63) is 47.0 Å². The van der Waals surface area contributed by atoms with E-state index in [1.54, 1.807) is 0 Å². The number of hydrogen-bond acceptors (Lipinski definition) is 1. The zero-order valence-electron chi connectivity index (χ0n) is 9.89. The molecule has 0 unspecified atom stereocenters. The highest BCUT2D eigenvalue weighted by Crippen LogP contribution is 2.24. The molecule has 1 aromatic carbocycles. The van der Waals surface area contributed by atoms with Gasteiger partial charge in [-0.25, -0.2) is 0 Å². The smallest absolute Gasteiger partial charge is 0.115 e. The highest BCUT2D eigenvalue weighted by Gasteiger charge is 2.05. The first-order chi connectivity index (χ1) is 6.93. The van der Waals surface area contributed by atoms with Crippen molar-refractivity contribution < 1.29 is 5.11 Å². The van der Waals surface area contributed by atoms with Crippen molar-refractivity contribution in [3.63, 3.8) is 0 Å². The minimum absolute atomic E-state index is 0.123. The van der Waals surface area contributed by atoms with Crippen molar-refractivity contribution in [3.8, 4) is 0 Å². The van der Waals surface area contributed by atoms with Crippen LogP contribution in [0, 0.1) is 6.92 Å². The van der Waals surface area contributed by atoms with E-state index in [0.29, 0.717) is 0 Å². The minimum Gasteiger partial charge on any atom is -0.508 e. The molecule has 0 heterocycles. The predicted molar refractivity (Wildman–Crippen MR) is 66.8 cm³/mol. The van der Waals surface area contributed by atoms with Gasteiger partial charge in [-0.05, 0) is 50.5 Å². The average Bonchev–Trinajstić information content (AvgIpc) is 2.16. The van der Waals surface area contributed by atoms with Crippen molar-refractivity contribution in [2.75, 3.05) is 0 Å². The highest BCUT2D eigenvalue weighted by molar-refractivity contribution is 5.72. The predicted octanol–water partition coefficient (Wildman–Crippen LogP) is 4.34. The Kier molecular flexibility index (Phi) is 3.35. The van der Waals surface area contributed by atoms with E-state index in [1.165, 1.54) is 22.3 Å². The Balaban J connectivity index is 3.35. The van der Waals surface area contributed by atoms with Crippen molar-refractivity contribution in [1.82, 2.24) is 0 Å². The lowest BCUT2D eigenvalue weighted by molar-refractivity contribution is 0.514. The zero-order chi connectivity index (χ0) is 11.6. The summed E-state index contributed by atoms with van der Waals surface area (Å²) in [6, 6.07) is 5.89. The largest absolute Gasteiger partial charge is 0.508 e. The summed E-state index contributed by atoms with van der Waals surface area (Å²) in [5, 5.41) is 9.35. The van der Waals surface area contributed by atoms with Gasteiger partial charge in [-0.15, -0.1) is 0 Å². The lowest BCUT2D eigenvalue weighted by atomic mass is 9.96. The molecule has 0 radical (unpaired) electrons. The molecule has 0 fully saturated rings. The molecule has 0 spiro atoms. The summed E-state index contributed by atoms with van der Waals surface area (Å²) in [5.41, 5.74) is 5.74. The Labute approximate surface area is 91.8 Å². The van der Waals surface area contributed by atoms with Gasteiger partial charge in [0.2, 0.25) is 0 Å². The molecular weight excluding hydrogens is 184 g/mol. The maximum atomic E-state index is 9.35. The van der Waals surface area contributed by atoms with E-state index in [4.69, 9.17) is 0 Å². The Morgan fingerprint density at radius 2 is 1.80 bits per heavy atom. The van der Waals surface area contributed by atoms with Gasteiger partial charge in [-0.1, -0.05) is 24.3 Å². The molecule has 0 aliphatic carbocycles. The van der Waals surface area contributed by atoms with E-state index in [-0.39, 0.29) is 5.76 Å². The van der Waals surface area contributed by atoms with Crippen LogP contribution in [-0.2, 0) is 0 Å². The fraction of sp³-hybridized carbons (Fsp3) is 0.286. The fourth-order valence-corrected chi connectivity index (χ4v) is 1.47. The van der Waals surface area contributed by atoms with Gasteiger partial charge < -0.3 is 5.11 Å². The fourth-order valence-electron chi connectivity index (χ4n) is 1.47. The zero-order valence-corrected chi connectivity index (χ0v) is 9.89. The molecule has 1 aromatic rings. The molecule has 1 heteroatoms. The van der Waals surface area contributed by atoms with E-state index < -0.39 is 0 Å². The Morgan fingerprint density at radius 3 is 2.27 bits per heavy atom. The van der Waals surface area contributed by atoms with Gasteiger partial charge in [0.1, 0.15) is 5.76 Å². The maximum Gasteiger partial charge on any atom is 0.115 e. The van der Waals surface area contributed by atoms with Crippen LogP contribution >= 0.6 is 0 Å². The summed E-state index contributed by atoms with van der Waals surface area (Å²) in [7, 11) is 0. The second-order valence-electron chi connectivity index (χ2n) is 4.10. The molecule has 0 saturated heterocycles. The van der Waals surface area contributed by atoms with Crippen LogP contribution in [0.1, 0.15) is 37.5 Å². The quantitative estimate of drug-likeness (QED) is 0.707.